The number of carbonyl (C=O) groups excluding carboxylic acids is 1. The number of fused-ring (bicyclic) bond motifs is 1. The molecule has 2 aromatic carbocycles. The SMILES string of the molecule is CCOc1ccccc1OCC(=O)Nc1ccc2cn[nH]c2c1. The van der Waals surface area contributed by atoms with Crippen molar-refractivity contribution in [2.75, 3.05) is 18.5 Å². The summed E-state index contributed by atoms with van der Waals surface area (Å²) in [6.45, 7) is 2.34. The zero-order valence-corrected chi connectivity index (χ0v) is 12.7. The molecule has 0 bridgehead atoms. The summed E-state index contributed by atoms with van der Waals surface area (Å²) in [5.41, 5.74) is 1.55. The Labute approximate surface area is 133 Å². The number of para-hydroxylation sites is 2. The smallest absolute Gasteiger partial charge is 0.262 e. The number of amides is 1. The van der Waals surface area contributed by atoms with Crippen molar-refractivity contribution < 1.29 is 14.3 Å². The van der Waals surface area contributed by atoms with Crippen LogP contribution in [0, 0.1) is 0 Å². The largest absolute Gasteiger partial charge is 0.490 e. The van der Waals surface area contributed by atoms with Crippen LogP contribution in [0.15, 0.2) is 48.7 Å². The van der Waals surface area contributed by atoms with Crippen LogP contribution in [0.25, 0.3) is 10.9 Å². The molecule has 1 amide bonds. The summed E-state index contributed by atoms with van der Waals surface area (Å²) in [5, 5.41) is 10.6. The third-order valence-electron chi connectivity index (χ3n) is 3.23. The number of hydrogen-bond acceptors (Lipinski definition) is 4. The molecule has 6 heteroatoms. The van der Waals surface area contributed by atoms with Crippen LogP contribution < -0.4 is 14.8 Å². The van der Waals surface area contributed by atoms with Crippen LogP contribution in [-0.4, -0.2) is 29.3 Å². The molecule has 6 nitrogen and oxygen atoms in total. The zero-order chi connectivity index (χ0) is 16.1. The number of nitrogens with one attached hydrogen (secondary N) is 2. The highest BCUT2D eigenvalue weighted by Crippen LogP contribution is 2.26. The van der Waals surface area contributed by atoms with Gasteiger partial charge in [0, 0.05) is 11.1 Å². The van der Waals surface area contributed by atoms with Crippen molar-refractivity contribution in [1.82, 2.24) is 10.2 Å². The van der Waals surface area contributed by atoms with Crippen molar-refractivity contribution >= 4 is 22.5 Å². The average Bonchev–Trinajstić information content (AvgIpc) is 3.02. The monoisotopic (exact) mass is 311 g/mol. The summed E-state index contributed by atoms with van der Waals surface area (Å²) in [7, 11) is 0. The number of hydrogen-bond donors (Lipinski definition) is 2. The molecule has 0 spiro atoms. The lowest BCUT2D eigenvalue weighted by atomic mass is 10.2. The minimum absolute atomic E-state index is 0.0922. The van der Waals surface area contributed by atoms with E-state index in [1.807, 2.05) is 43.3 Å². The number of aromatic amines is 1. The maximum absolute atomic E-state index is 12.0. The molecule has 0 fully saturated rings. The molecule has 0 saturated carbocycles. The molecule has 3 rings (SSSR count). The normalized spacial score (nSPS) is 10.5. The van der Waals surface area contributed by atoms with Crippen molar-refractivity contribution in [3.63, 3.8) is 0 Å². The highest BCUT2D eigenvalue weighted by molar-refractivity contribution is 5.94. The second-order valence-corrected chi connectivity index (χ2v) is 4.89. The van der Waals surface area contributed by atoms with E-state index in [9.17, 15) is 4.79 Å². The lowest BCUT2D eigenvalue weighted by Gasteiger charge is -2.11. The fraction of sp³-hybridized carbons (Fsp3) is 0.176. The predicted molar refractivity (Wildman–Crippen MR) is 87.8 cm³/mol. The molecular formula is C17H17N3O3. The van der Waals surface area contributed by atoms with E-state index in [4.69, 9.17) is 9.47 Å². The first-order valence-corrected chi connectivity index (χ1v) is 7.34. The average molecular weight is 311 g/mol. The van der Waals surface area contributed by atoms with Gasteiger partial charge in [0.1, 0.15) is 0 Å². The van der Waals surface area contributed by atoms with Gasteiger partial charge in [-0.05, 0) is 37.3 Å². The molecule has 0 saturated heterocycles. The van der Waals surface area contributed by atoms with E-state index in [0.29, 0.717) is 23.8 Å². The van der Waals surface area contributed by atoms with E-state index < -0.39 is 0 Å². The van der Waals surface area contributed by atoms with Gasteiger partial charge in [-0.2, -0.15) is 5.10 Å². The first-order valence-electron chi connectivity index (χ1n) is 7.34. The van der Waals surface area contributed by atoms with Gasteiger partial charge in [-0.15, -0.1) is 0 Å². The van der Waals surface area contributed by atoms with Gasteiger partial charge in [-0.25, -0.2) is 0 Å². The Morgan fingerprint density at radius 1 is 1.17 bits per heavy atom. The molecule has 1 heterocycles. The molecule has 0 radical (unpaired) electrons. The molecule has 0 aliphatic carbocycles. The summed E-state index contributed by atoms with van der Waals surface area (Å²) in [6.07, 6.45) is 1.73. The van der Waals surface area contributed by atoms with E-state index in [-0.39, 0.29) is 12.5 Å². The second kappa shape index (κ2) is 6.83. The standard InChI is InChI=1S/C17H17N3O3/c1-2-22-15-5-3-4-6-16(15)23-11-17(21)19-13-8-7-12-10-18-20-14(12)9-13/h3-10H,2,11H2,1H3,(H,18,20)(H,19,21). The van der Waals surface area contributed by atoms with E-state index in [1.165, 1.54) is 0 Å². The first-order chi connectivity index (χ1) is 11.3. The Bertz CT molecular complexity index is 813. The zero-order valence-electron chi connectivity index (χ0n) is 12.7. The molecule has 2 N–H and O–H groups in total. The van der Waals surface area contributed by atoms with Crippen molar-refractivity contribution in [3.05, 3.63) is 48.7 Å². The summed E-state index contributed by atoms with van der Waals surface area (Å²) in [5.74, 6) is 0.936. The van der Waals surface area contributed by atoms with Gasteiger partial charge in [0.15, 0.2) is 18.1 Å². The van der Waals surface area contributed by atoms with E-state index in [2.05, 4.69) is 15.5 Å². The third-order valence-corrected chi connectivity index (χ3v) is 3.23. The Hall–Kier alpha value is -3.02. The van der Waals surface area contributed by atoms with Crippen LogP contribution in [0.3, 0.4) is 0 Å². The van der Waals surface area contributed by atoms with Gasteiger partial charge in [0.2, 0.25) is 0 Å². The van der Waals surface area contributed by atoms with Gasteiger partial charge < -0.3 is 14.8 Å². The minimum atomic E-state index is -0.241. The molecule has 1 aromatic heterocycles. The lowest BCUT2D eigenvalue weighted by molar-refractivity contribution is -0.118. The number of H-pyrrole nitrogens is 1. The number of carbonyl (C=O) groups is 1. The van der Waals surface area contributed by atoms with Crippen molar-refractivity contribution in [3.8, 4) is 11.5 Å². The Morgan fingerprint density at radius 2 is 1.96 bits per heavy atom. The van der Waals surface area contributed by atoms with Crippen LogP contribution in [0.4, 0.5) is 5.69 Å². The first kappa shape index (κ1) is 14.9. The summed E-state index contributed by atoms with van der Waals surface area (Å²) in [6, 6.07) is 12.8. The van der Waals surface area contributed by atoms with Crippen LogP contribution in [-0.2, 0) is 4.79 Å². The van der Waals surface area contributed by atoms with E-state index >= 15 is 0 Å². The Balaban J connectivity index is 1.61. The second-order valence-electron chi connectivity index (χ2n) is 4.89. The van der Waals surface area contributed by atoms with Crippen molar-refractivity contribution in [1.29, 1.82) is 0 Å². The molecule has 0 aliphatic rings. The molecular weight excluding hydrogens is 294 g/mol. The topological polar surface area (TPSA) is 76.2 Å². The number of ether oxygens (including phenoxy) is 2. The number of anilines is 1. The maximum atomic E-state index is 12.0. The van der Waals surface area contributed by atoms with Gasteiger partial charge in [0.05, 0.1) is 18.3 Å². The summed E-state index contributed by atoms with van der Waals surface area (Å²) in [4.78, 5) is 12.0. The van der Waals surface area contributed by atoms with Gasteiger partial charge in [0.25, 0.3) is 5.91 Å². The van der Waals surface area contributed by atoms with Crippen molar-refractivity contribution in [2.45, 2.75) is 6.92 Å². The Morgan fingerprint density at radius 3 is 2.74 bits per heavy atom. The lowest BCUT2D eigenvalue weighted by Crippen LogP contribution is -2.20. The number of rotatable bonds is 6. The summed E-state index contributed by atoms with van der Waals surface area (Å²) < 4.78 is 11.0. The van der Waals surface area contributed by atoms with Crippen LogP contribution in [0.5, 0.6) is 11.5 Å². The highest BCUT2D eigenvalue weighted by Gasteiger charge is 2.08. The van der Waals surface area contributed by atoms with Crippen LogP contribution in [0.1, 0.15) is 6.92 Å². The van der Waals surface area contributed by atoms with Gasteiger partial charge in [-0.3, -0.25) is 9.89 Å². The van der Waals surface area contributed by atoms with Crippen LogP contribution >= 0.6 is 0 Å². The van der Waals surface area contributed by atoms with E-state index in [1.54, 1.807) is 12.3 Å². The summed E-state index contributed by atoms with van der Waals surface area (Å²) >= 11 is 0. The number of benzene rings is 2. The predicted octanol–water partition coefficient (Wildman–Crippen LogP) is 2.98. The quantitative estimate of drug-likeness (QED) is 0.734. The molecule has 23 heavy (non-hydrogen) atoms. The van der Waals surface area contributed by atoms with Gasteiger partial charge in [-0.1, -0.05) is 12.1 Å². The number of nitrogens with zero attached hydrogens (tertiary/aromatic N) is 1. The Kier molecular flexibility index (Phi) is 4.42. The van der Waals surface area contributed by atoms with Gasteiger partial charge >= 0.3 is 0 Å². The van der Waals surface area contributed by atoms with Crippen LogP contribution in [0.2, 0.25) is 0 Å². The third kappa shape index (κ3) is 3.60. The highest BCUT2D eigenvalue weighted by atomic mass is 16.5. The molecule has 3 aromatic rings. The van der Waals surface area contributed by atoms with Crippen molar-refractivity contribution in [2.24, 2.45) is 0 Å². The van der Waals surface area contributed by atoms with E-state index in [0.717, 1.165) is 10.9 Å². The fourth-order valence-electron chi connectivity index (χ4n) is 2.20. The molecule has 118 valence electrons. The maximum Gasteiger partial charge on any atom is 0.262 e. The molecule has 0 aliphatic heterocycles. The number of aromatic nitrogens is 2. The fourth-order valence-corrected chi connectivity index (χ4v) is 2.20. The molecule has 0 atom stereocenters. The minimum Gasteiger partial charge on any atom is -0.490 e. The molecule has 0 unspecified atom stereocenters.